The van der Waals surface area contributed by atoms with E-state index in [-0.39, 0.29) is 0 Å². The van der Waals surface area contributed by atoms with Crippen molar-refractivity contribution in [3.05, 3.63) is 45.4 Å². The van der Waals surface area contributed by atoms with Crippen LogP contribution in [0.1, 0.15) is 6.42 Å². The van der Waals surface area contributed by atoms with Crippen molar-refractivity contribution in [3.8, 4) is 0 Å². The molecule has 2 aliphatic heterocycles. The van der Waals surface area contributed by atoms with E-state index < -0.39 is 0 Å². The predicted molar refractivity (Wildman–Crippen MR) is 71.4 cm³/mol. The van der Waals surface area contributed by atoms with Crippen molar-refractivity contribution in [1.82, 2.24) is 10.2 Å². The number of hydrogen-bond donors (Lipinski definition) is 1. The minimum Gasteiger partial charge on any atom is -0.497 e. The number of dihydropyridines is 1. The van der Waals surface area contributed by atoms with Crippen LogP contribution >= 0.6 is 15.9 Å². The van der Waals surface area contributed by atoms with Crippen molar-refractivity contribution < 1.29 is 4.74 Å². The second-order valence-electron chi connectivity index (χ2n) is 4.73. The average molecular weight is 295 g/mol. The lowest BCUT2D eigenvalue weighted by atomic mass is 9.98. The second-order valence-corrected chi connectivity index (χ2v) is 5.53. The number of likely N-dealkylation sites (N-methyl/N-ethyl adjacent to an activating group) is 1. The third-order valence-corrected chi connectivity index (χ3v) is 4.24. The van der Waals surface area contributed by atoms with E-state index in [0.717, 1.165) is 11.0 Å². The van der Waals surface area contributed by atoms with Gasteiger partial charge in [0, 0.05) is 17.8 Å². The SMILES string of the molecule is CN(C)C1CC2=C(Br)NC=C3C=COCC1=C32. The first kappa shape index (κ1) is 11.1. The lowest BCUT2D eigenvalue weighted by Gasteiger charge is -2.22. The first-order valence-electron chi connectivity index (χ1n) is 5.72. The van der Waals surface area contributed by atoms with Crippen molar-refractivity contribution >= 4 is 15.9 Å². The topological polar surface area (TPSA) is 24.5 Å². The van der Waals surface area contributed by atoms with Gasteiger partial charge in [0.15, 0.2) is 0 Å². The van der Waals surface area contributed by atoms with Crippen LogP contribution in [0.3, 0.4) is 0 Å². The number of nitrogens with one attached hydrogen (secondary N) is 1. The fourth-order valence-corrected chi connectivity index (χ4v) is 3.17. The van der Waals surface area contributed by atoms with Gasteiger partial charge in [-0.2, -0.15) is 0 Å². The molecule has 90 valence electrons. The summed E-state index contributed by atoms with van der Waals surface area (Å²) >= 11 is 3.61. The molecule has 0 aromatic heterocycles. The Kier molecular flexibility index (Phi) is 2.64. The van der Waals surface area contributed by atoms with Gasteiger partial charge in [-0.1, -0.05) is 0 Å². The van der Waals surface area contributed by atoms with Gasteiger partial charge in [-0.05, 0) is 59.2 Å². The quantitative estimate of drug-likeness (QED) is 0.751. The van der Waals surface area contributed by atoms with Gasteiger partial charge in [0.25, 0.3) is 0 Å². The van der Waals surface area contributed by atoms with Crippen LogP contribution in [0, 0.1) is 0 Å². The number of halogens is 1. The van der Waals surface area contributed by atoms with Crippen molar-refractivity contribution in [1.29, 1.82) is 0 Å². The molecule has 0 aromatic rings. The number of ether oxygens (including phenoxy) is 1. The zero-order valence-corrected chi connectivity index (χ0v) is 11.5. The molecule has 2 heterocycles. The Morgan fingerprint density at radius 1 is 1.47 bits per heavy atom. The molecule has 4 heteroatoms. The van der Waals surface area contributed by atoms with E-state index in [2.05, 4.69) is 40.2 Å². The highest BCUT2D eigenvalue weighted by Crippen LogP contribution is 2.43. The van der Waals surface area contributed by atoms with Gasteiger partial charge in [-0.25, -0.2) is 0 Å². The number of hydrogen-bond acceptors (Lipinski definition) is 3. The summed E-state index contributed by atoms with van der Waals surface area (Å²) in [6.07, 6.45) is 6.90. The van der Waals surface area contributed by atoms with Crippen LogP contribution in [0.25, 0.3) is 0 Å². The third kappa shape index (κ3) is 1.67. The van der Waals surface area contributed by atoms with Crippen LogP contribution in [0.5, 0.6) is 0 Å². The molecule has 0 amide bonds. The normalized spacial score (nSPS) is 26.6. The molecule has 0 saturated carbocycles. The van der Waals surface area contributed by atoms with E-state index in [0.29, 0.717) is 12.6 Å². The maximum absolute atomic E-state index is 5.56. The molecule has 0 radical (unpaired) electrons. The van der Waals surface area contributed by atoms with Gasteiger partial charge in [0.2, 0.25) is 0 Å². The Morgan fingerprint density at radius 3 is 3.06 bits per heavy atom. The third-order valence-electron chi connectivity index (χ3n) is 3.54. The zero-order chi connectivity index (χ0) is 12.0. The number of nitrogens with zero attached hydrogens (tertiary/aromatic N) is 1. The standard InChI is InChI=1S/C13H15BrN2O/c1-16(2)11-5-9-12-8(6-15-13(9)14)3-4-17-7-10(11)12/h3-4,6,11,15H,5,7H2,1-2H3. The summed E-state index contributed by atoms with van der Waals surface area (Å²) in [4.78, 5) is 2.26. The second kappa shape index (κ2) is 4.03. The first-order chi connectivity index (χ1) is 8.18. The van der Waals surface area contributed by atoms with Crippen LogP contribution < -0.4 is 5.32 Å². The van der Waals surface area contributed by atoms with Crippen LogP contribution in [-0.4, -0.2) is 31.6 Å². The Hall–Kier alpha value is -1.00. The van der Waals surface area contributed by atoms with Gasteiger partial charge < -0.3 is 15.0 Å². The molecule has 1 atom stereocenters. The monoisotopic (exact) mass is 294 g/mol. The highest BCUT2D eigenvalue weighted by Gasteiger charge is 2.35. The Labute approximate surface area is 110 Å². The summed E-state index contributed by atoms with van der Waals surface area (Å²) in [5, 5.41) is 3.27. The molecule has 3 aliphatic rings. The fourth-order valence-electron chi connectivity index (χ4n) is 2.69. The van der Waals surface area contributed by atoms with Gasteiger partial charge in [-0.3, -0.25) is 0 Å². The Balaban J connectivity index is 2.15. The molecule has 0 saturated heterocycles. The maximum Gasteiger partial charge on any atom is 0.111 e. The minimum atomic E-state index is 0.441. The van der Waals surface area contributed by atoms with Crippen molar-refractivity contribution in [2.75, 3.05) is 20.7 Å². The Bertz CT molecular complexity index is 486. The molecule has 0 spiro atoms. The minimum absolute atomic E-state index is 0.441. The lowest BCUT2D eigenvalue weighted by molar-refractivity contribution is 0.248. The highest BCUT2D eigenvalue weighted by molar-refractivity contribution is 9.11. The summed E-state index contributed by atoms with van der Waals surface area (Å²) in [7, 11) is 4.25. The van der Waals surface area contributed by atoms with Crippen molar-refractivity contribution in [2.24, 2.45) is 0 Å². The maximum atomic E-state index is 5.56. The fraction of sp³-hybridized carbons (Fsp3) is 0.385. The molecule has 0 fully saturated rings. The molecule has 3 rings (SSSR count). The van der Waals surface area contributed by atoms with E-state index in [9.17, 15) is 0 Å². The summed E-state index contributed by atoms with van der Waals surface area (Å²) in [6.45, 7) is 0.690. The molecule has 3 nitrogen and oxygen atoms in total. The summed E-state index contributed by atoms with van der Waals surface area (Å²) in [6, 6.07) is 0.441. The van der Waals surface area contributed by atoms with Crippen LogP contribution in [0.2, 0.25) is 0 Å². The molecular weight excluding hydrogens is 280 g/mol. The van der Waals surface area contributed by atoms with Crippen molar-refractivity contribution in [3.63, 3.8) is 0 Å². The van der Waals surface area contributed by atoms with E-state index in [1.54, 1.807) is 6.26 Å². The number of allylic oxidation sites excluding steroid dienone is 3. The van der Waals surface area contributed by atoms with Crippen LogP contribution in [0.15, 0.2) is 45.4 Å². The molecule has 17 heavy (non-hydrogen) atoms. The summed E-state index contributed by atoms with van der Waals surface area (Å²) < 4.78 is 6.65. The molecular formula is C13H15BrN2O. The summed E-state index contributed by atoms with van der Waals surface area (Å²) in [5.41, 5.74) is 5.34. The van der Waals surface area contributed by atoms with E-state index in [1.807, 2.05) is 12.3 Å². The van der Waals surface area contributed by atoms with Gasteiger partial charge in [-0.15, -0.1) is 0 Å². The summed E-state index contributed by atoms with van der Waals surface area (Å²) in [5.74, 6) is 0. The van der Waals surface area contributed by atoms with Gasteiger partial charge >= 0.3 is 0 Å². The predicted octanol–water partition coefficient (Wildman–Crippen LogP) is 2.25. The van der Waals surface area contributed by atoms with Crippen LogP contribution in [0.4, 0.5) is 0 Å². The zero-order valence-electron chi connectivity index (χ0n) is 9.96. The van der Waals surface area contributed by atoms with Gasteiger partial charge in [0.1, 0.15) is 6.61 Å². The van der Waals surface area contributed by atoms with E-state index in [1.165, 1.54) is 22.3 Å². The first-order valence-corrected chi connectivity index (χ1v) is 6.51. The molecule has 0 aromatic carbocycles. The lowest BCUT2D eigenvalue weighted by Crippen LogP contribution is -2.29. The van der Waals surface area contributed by atoms with Gasteiger partial charge in [0.05, 0.1) is 10.9 Å². The van der Waals surface area contributed by atoms with E-state index >= 15 is 0 Å². The van der Waals surface area contributed by atoms with Crippen molar-refractivity contribution in [2.45, 2.75) is 12.5 Å². The molecule has 0 bridgehead atoms. The molecule has 1 aliphatic carbocycles. The van der Waals surface area contributed by atoms with Crippen LogP contribution in [-0.2, 0) is 4.74 Å². The molecule has 1 unspecified atom stereocenters. The largest absolute Gasteiger partial charge is 0.497 e. The van der Waals surface area contributed by atoms with E-state index in [4.69, 9.17) is 4.74 Å². The Morgan fingerprint density at radius 2 is 2.29 bits per heavy atom. The average Bonchev–Trinajstić information content (AvgIpc) is 2.56. The molecule has 1 N–H and O–H groups in total. The number of rotatable bonds is 1. The smallest absolute Gasteiger partial charge is 0.111 e. The highest BCUT2D eigenvalue weighted by atomic mass is 79.9.